The molecule has 1 rings (SSSR count). The Hall–Kier alpha value is -0.250. The lowest BCUT2D eigenvalue weighted by molar-refractivity contribution is -0.184. The second-order valence-corrected chi connectivity index (χ2v) is 4.78. The third-order valence-electron chi connectivity index (χ3n) is 3.47. The summed E-state index contributed by atoms with van der Waals surface area (Å²) in [6, 6.07) is 0. The van der Waals surface area contributed by atoms with Crippen molar-refractivity contribution in [3.63, 3.8) is 0 Å². The number of alkyl halides is 3. The minimum absolute atomic E-state index is 0.212. The molecule has 0 aliphatic heterocycles. The van der Waals surface area contributed by atoms with Crippen LogP contribution in [0.2, 0.25) is 0 Å². The number of halogens is 3. The summed E-state index contributed by atoms with van der Waals surface area (Å²) in [5, 5.41) is 0. The molecule has 15 heavy (non-hydrogen) atoms. The van der Waals surface area contributed by atoms with Crippen molar-refractivity contribution in [1.82, 2.24) is 0 Å². The first-order chi connectivity index (χ1) is 6.87. The first-order valence-corrected chi connectivity index (χ1v) is 5.73. The number of unbranched alkanes of at least 4 members (excludes halogenated alkanes) is 1. The van der Waals surface area contributed by atoms with E-state index in [1.165, 1.54) is 0 Å². The Morgan fingerprint density at radius 2 is 1.80 bits per heavy atom. The Labute approximate surface area is 89.2 Å². The van der Waals surface area contributed by atoms with Crippen molar-refractivity contribution in [2.75, 3.05) is 0 Å². The Kier molecular flexibility index (Phi) is 4.04. The Balaban J connectivity index is 2.41. The molecule has 0 amide bonds. The monoisotopic (exact) mass is 223 g/mol. The fourth-order valence-corrected chi connectivity index (χ4v) is 2.30. The van der Waals surface area contributed by atoms with Gasteiger partial charge in [0.1, 0.15) is 0 Å². The molecule has 1 fully saturated rings. The minimum Gasteiger partial charge on any atom is -0.325 e. The van der Waals surface area contributed by atoms with Crippen LogP contribution in [0.1, 0.15) is 51.9 Å². The number of hydrogen-bond donors (Lipinski definition) is 1. The molecule has 0 aromatic rings. The van der Waals surface area contributed by atoms with Crippen molar-refractivity contribution in [2.24, 2.45) is 11.7 Å². The van der Waals surface area contributed by atoms with Crippen LogP contribution in [0.4, 0.5) is 13.2 Å². The summed E-state index contributed by atoms with van der Waals surface area (Å²) in [7, 11) is 0. The van der Waals surface area contributed by atoms with Crippen LogP contribution < -0.4 is 5.73 Å². The van der Waals surface area contributed by atoms with E-state index in [1.54, 1.807) is 0 Å². The Morgan fingerprint density at radius 3 is 2.20 bits per heavy atom. The maximum absolute atomic E-state index is 12.4. The lowest BCUT2D eigenvalue weighted by atomic mass is 9.74. The smallest absolute Gasteiger partial charge is 0.325 e. The van der Waals surface area contributed by atoms with Gasteiger partial charge in [0.2, 0.25) is 0 Å². The molecule has 0 aromatic carbocycles. The number of nitrogens with two attached hydrogens (primary N) is 1. The summed E-state index contributed by atoms with van der Waals surface area (Å²) in [4.78, 5) is 0. The molecule has 4 heteroatoms. The first kappa shape index (κ1) is 12.8. The third kappa shape index (κ3) is 3.67. The summed E-state index contributed by atoms with van der Waals surface area (Å²) >= 11 is 0. The topological polar surface area (TPSA) is 26.0 Å². The maximum Gasteiger partial charge on any atom is 0.391 e. The van der Waals surface area contributed by atoms with E-state index in [0.29, 0.717) is 12.8 Å². The van der Waals surface area contributed by atoms with Crippen LogP contribution in [-0.4, -0.2) is 11.7 Å². The SMILES string of the molecule is CCCCC1(N)CCC(C(F)(F)F)CC1. The van der Waals surface area contributed by atoms with Gasteiger partial charge in [-0.1, -0.05) is 19.8 Å². The second kappa shape index (κ2) is 4.73. The van der Waals surface area contributed by atoms with Crippen LogP contribution >= 0.6 is 0 Å². The second-order valence-electron chi connectivity index (χ2n) is 4.78. The standard InChI is InChI=1S/C11H20F3N/c1-2-3-6-10(15)7-4-9(5-8-10)11(12,13)14/h9H,2-8,15H2,1H3. The van der Waals surface area contributed by atoms with E-state index in [4.69, 9.17) is 5.73 Å². The van der Waals surface area contributed by atoms with Gasteiger partial charge in [-0.2, -0.15) is 13.2 Å². The molecule has 0 bridgehead atoms. The van der Waals surface area contributed by atoms with E-state index in [0.717, 1.165) is 19.3 Å². The molecule has 0 radical (unpaired) electrons. The molecular weight excluding hydrogens is 203 g/mol. The molecule has 1 aliphatic rings. The van der Waals surface area contributed by atoms with E-state index < -0.39 is 12.1 Å². The first-order valence-electron chi connectivity index (χ1n) is 5.73. The Morgan fingerprint density at radius 1 is 1.27 bits per heavy atom. The predicted molar refractivity (Wildman–Crippen MR) is 54.5 cm³/mol. The molecule has 0 aromatic heterocycles. The largest absolute Gasteiger partial charge is 0.391 e. The fraction of sp³-hybridized carbons (Fsp3) is 1.00. The highest BCUT2D eigenvalue weighted by Gasteiger charge is 2.44. The van der Waals surface area contributed by atoms with Gasteiger partial charge in [-0.25, -0.2) is 0 Å². The van der Waals surface area contributed by atoms with Crippen LogP contribution in [0.25, 0.3) is 0 Å². The molecule has 1 aliphatic carbocycles. The zero-order valence-corrected chi connectivity index (χ0v) is 9.24. The molecule has 0 unspecified atom stereocenters. The van der Waals surface area contributed by atoms with E-state index in [-0.39, 0.29) is 18.4 Å². The van der Waals surface area contributed by atoms with E-state index in [9.17, 15) is 13.2 Å². The van der Waals surface area contributed by atoms with Crippen LogP contribution in [0.15, 0.2) is 0 Å². The van der Waals surface area contributed by atoms with Crippen molar-refractivity contribution < 1.29 is 13.2 Å². The average molecular weight is 223 g/mol. The molecule has 0 atom stereocenters. The minimum atomic E-state index is -4.02. The van der Waals surface area contributed by atoms with Gasteiger partial charge in [-0.05, 0) is 32.1 Å². The summed E-state index contributed by atoms with van der Waals surface area (Å²) in [6.07, 6.45) is 0.400. The van der Waals surface area contributed by atoms with Gasteiger partial charge in [0.25, 0.3) is 0 Å². The van der Waals surface area contributed by atoms with Crippen molar-refractivity contribution in [3.05, 3.63) is 0 Å². The molecule has 0 heterocycles. The quantitative estimate of drug-likeness (QED) is 0.776. The highest BCUT2D eigenvalue weighted by atomic mass is 19.4. The average Bonchev–Trinajstić information content (AvgIpc) is 2.14. The van der Waals surface area contributed by atoms with E-state index in [2.05, 4.69) is 6.92 Å². The zero-order chi connectivity index (χ0) is 11.5. The molecule has 0 spiro atoms. The summed E-state index contributed by atoms with van der Waals surface area (Å²) in [6.45, 7) is 2.07. The van der Waals surface area contributed by atoms with Crippen molar-refractivity contribution in [3.8, 4) is 0 Å². The highest BCUT2D eigenvalue weighted by Crippen LogP contribution is 2.41. The molecule has 0 saturated heterocycles. The summed E-state index contributed by atoms with van der Waals surface area (Å²) in [5.41, 5.74) is 5.76. The molecular formula is C11H20F3N. The number of rotatable bonds is 3. The molecule has 2 N–H and O–H groups in total. The Bertz CT molecular complexity index is 192. The van der Waals surface area contributed by atoms with Gasteiger partial charge in [-0.3, -0.25) is 0 Å². The van der Waals surface area contributed by atoms with Crippen LogP contribution in [0.3, 0.4) is 0 Å². The van der Waals surface area contributed by atoms with Crippen LogP contribution in [0.5, 0.6) is 0 Å². The van der Waals surface area contributed by atoms with Gasteiger partial charge < -0.3 is 5.73 Å². The lowest BCUT2D eigenvalue weighted by Crippen LogP contribution is -2.45. The zero-order valence-electron chi connectivity index (χ0n) is 9.24. The van der Waals surface area contributed by atoms with Crippen molar-refractivity contribution in [2.45, 2.75) is 63.6 Å². The van der Waals surface area contributed by atoms with Gasteiger partial charge in [0.15, 0.2) is 0 Å². The van der Waals surface area contributed by atoms with Gasteiger partial charge >= 0.3 is 6.18 Å². The van der Waals surface area contributed by atoms with E-state index >= 15 is 0 Å². The van der Waals surface area contributed by atoms with Gasteiger partial charge in [-0.15, -0.1) is 0 Å². The van der Waals surface area contributed by atoms with E-state index in [1.807, 2.05) is 0 Å². The highest BCUT2D eigenvalue weighted by molar-refractivity contribution is 4.91. The summed E-state index contributed by atoms with van der Waals surface area (Å²) in [5.74, 6) is -1.11. The van der Waals surface area contributed by atoms with Gasteiger partial charge in [0.05, 0.1) is 5.92 Å². The molecule has 1 nitrogen and oxygen atoms in total. The number of hydrogen-bond acceptors (Lipinski definition) is 1. The molecule has 1 saturated carbocycles. The van der Waals surface area contributed by atoms with Gasteiger partial charge in [0, 0.05) is 5.54 Å². The molecule has 90 valence electrons. The van der Waals surface area contributed by atoms with Crippen LogP contribution in [-0.2, 0) is 0 Å². The van der Waals surface area contributed by atoms with Crippen LogP contribution in [0, 0.1) is 5.92 Å². The predicted octanol–water partition coefficient (Wildman–Crippen LogP) is 3.63. The summed E-state index contributed by atoms with van der Waals surface area (Å²) < 4.78 is 37.2. The lowest BCUT2D eigenvalue weighted by Gasteiger charge is -2.37. The maximum atomic E-state index is 12.4. The van der Waals surface area contributed by atoms with Crippen molar-refractivity contribution in [1.29, 1.82) is 0 Å². The van der Waals surface area contributed by atoms with Crippen molar-refractivity contribution >= 4 is 0 Å². The normalized spacial score (nSPS) is 33.0. The third-order valence-corrected chi connectivity index (χ3v) is 3.47. The fourth-order valence-electron chi connectivity index (χ4n) is 2.30.